The van der Waals surface area contributed by atoms with Gasteiger partial charge in [-0.2, -0.15) is 15.5 Å². The molecular weight excluding hydrogens is 374 g/mol. The molecule has 3 rings (SSSR count). The van der Waals surface area contributed by atoms with Crippen molar-refractivity contribution in [2.45, 2.75) is 24.0 Å². The summed E-state index contributed by atoms with van der Waals surface area (Å²) in [5, 5.41) is 16.7. The van der Waals surface area contributed by atoms with Crippen LogP contribution in [0.4, 0.5) is 5.82 Å². The van der Waals surface area contributed by atoms with Gasteiger partial charge in [-0.25, -0.2) is 13.1 Å². The van der Waals surface area contributed by atoms with Crippen LogP contribution in [0.2, 0.25) is 0 Å². The molecule has 0 atom stereocenters. The molecule has 1 heterocycles. The molecule has 0 radical (unpaired) electrons. The van der Waals surface area contributed by atoms with Gasteiger partial charge in [0.1, 0.15) is 5.82 Å². The maximum absolute atomic E-state index is 12.7. The van der Waals surface area contributed by atoms with Crippen molar-refractivity contribution in [1.82, 2.24) is 9.78 Å². The van der Waals surface area contributed by atoms with Crippen molar-refractivity contribution in [2.24, 2.45) is 5.10 Å². The Hall–Kier alpha value is -3.44. The minimum absolute atomic E-state index is 0.216. The molecule has 0 fully saturated rings. The van der Waals surface area contributed by atoms with Crippen LogP contribution in [0.3, 0.4) is 0 Å². The topological polar surface area (TPSA) is 100 Å². The molecule has 142 valence electrons. The highest BCUT2D eigenvalue weighted by Crippen LogP contribution is 2.25. The van der Waals surface area contributed by atoms with Gasteiger partial charge in [-0.05, 0) is 43.7 Å². The lowest BCUT2D eigenvalue weighted by Gasteiger charge is -2.14. The van der Waals surface area contributed by atoms with Gasteiger partial charge in [0.15, 0.2) is 9.84 Å². The van der Waals surface area contributed by atoms with Crippen LogP contribution in [0.15, 0.2) is 70.8 Å². The van der Waals surface area contributed by atoms with Gasteiger partial charge in [0.05, 0.1) is 39.9 Å². The Morgan fingerprint density at radius 3 is 2.54 bits per heavy atom. The number of hydrogen-bond acceptors (Lipinski definition) is 6. The molecule has 2 aromatic carbocycles. The van der Waals surface area contributed by atoms with Crippen LogP contribution in [0, 0.1) is 11.3 Å². The average Bonchev–Trinajstić information content (AvgIpc) is 3.17. The van der Waals surface area contributed by atoms with E-state index in [-0.39, 0.29) is 4.90 Å². The zero-order valence-electron chi connectivity index (χ0n) is 15.4. The summed E-state index contributed by atoms with van der Waals surface area (Å²) in [6.07, 6.45) is 3.17. The Morgan fingerprint density at radius 2 is 1.86 bits per heavy atom. The van der Waals surface area contributed by atoms with Gasteiger partial charge < -0.3 is 0 Å². The van der Waals surface area contributed by atoms with Crippen molar-refractivity contribution in [3.63, 3.8) is 0 Å². The summed E-state index contributed by atoms with van der Waals surface area (Å²) >= 11 is 0. The summed E-state index contributed by atoms with van der Waals surface area (Å²) in [6.45, 7) is 3.30. The fourth-order valence-corrected chi connectivity index (χ4v) is 3.75. The second-order valence-electron chi connectivity index (χ2n) is 6.29. The van der Waals surface area contributed by atoms with Gasteiger partial charge in [0.2, 0.25) is 0 Å². The molecule has 0 aliphatic carbocycles. The van der Waals surface area contributed by atoms with Crippen molar-refractivity contribution in [3.8, 4) is 11.8 Å². The van der Waals surface area contributed by atoms with Crippen LogP contribution in [-0.2, 0) is 9.84 Å². The molecule has 0 spiro atoms. The van der Waals surface area contributed by atoms with E-state index >= 15 is 0 Å². The molecule has 28 heavy (non-hydrogen) atoms. The van der Waals surface area contributed by atoms with E-state index < -0.39 is 15.1 Å². The standard InChI is InChI=1S/C20H19N5O2S/c1-15(2)28(26,27)19-6-4-3-5-18(19)25-20(11-12-23-25)24-22-14-17-9-7-16(13-21)8-10-17/h3-12,14-15,24H,1-2H3/b22-14+. The van der Waals surface area contributed by atoms with Crippen molar-refractivity contribution in [1.29, 1.82) is 5.26 Å². The summed E-state index contributed by atoms with van der Waals surface area (Å²) < 4.78 is 26.9. The summed E-state index contributed by atoms with van der Waals surface area (Å²) in [5.41, 5.74) is 4.74. The Balaban J connectivity index is 1.89. The van der Waals surface area contributed by atoms with Gasteiger partial charge >= 0.3 is 0 Å². The minimum Gasteiger partial charge on any atom is -0.261 e. The van der Waals surface area contributed by atoms with E-state index in [4.69, 9.17) is 5.26 Å². The van der Waals surface area contributed by atoms with E-state index in [0.29, 0.717) is 17.1 Å². The summed E-state index contributed by atoms with van der Waals surface area (Å²) in [4.78, 5) is 0.216. The summed E-state index contributed by atoms with van der Waals surface area (Å²) in [7, 11) is -3.47. The zero-order chi connectivity index (χ0) is 20.1. The third-order valence-corrected chi connectivity index (χ3v) is 6.30. The predicted molar refractivity (Wildman–Crippen MR) is 108 cm³/mol. The Labute approximate surface area is 163 Å². The number of hydrogen-bond donors (Lipinski definition) is 1. The highest BCUT2D eigenvalue weighted by Gasteiger charge is 2.24. The highest BCUT2D eigenvalue weighted by atomic mass is 32.2. The first kappa shape index (κ1) is 19.3. The number of rotatable bonds is 6. The van der Waals surface area contributed by atoms with Crippen LogP contribution in [0.1, 0.15) is 25.0 Å². The van der Waals surface area contributed by atoms with Crippen LogP contribution in [0.25, 0.3) is 5.69 Å². The van der Waals surface area contributed by atoms with Crippen molar-refractivity contribution >= 4 is 21.9 Å². The Kier molecular flexibility index (Phi) is 5.57. The largest absolute Gasteiger partial charge is 0.261 e. The Bertz CT molecular complexity index is 1140. The van der Waals surface area contributed by atoms with Crippen LogP contribution >= 0.6 is 0 Å². The quantitative estimate of drug-likeness (QED) is 0.511. The second kappa shape index (κ2) is 8.06. The van der Waals surface area contributed by atoms with E-state index in [1.54, 1.807) is 80.9 Å². The number of hydrazone groups is 1. The van der Waals surface area contributed by atoms with Gasteiger partial charge in [0, 0.05) is 6.07 Å². The number of nitriles is 1. The molecule has 1 aromatic heterocycles. The maximum Gasteiger partial charge on any atom is 0.182 e. The minimum atomic E-state index is -3.47. The third kappa shape index (κ3) is 3.94. The number of benzene rings is 2. The molecule has 1 N–H and O–H groups in total. The molecule has 0 aliphatic heterocycles. The number of para-hydroxylation sites is 1. The lowest BCUT2D eigenvalue weighted by Crippen LogP contribution is -2.17. The Morgan fingerprint density at radius 1 is 1.14 bits per heavy atom. The van der Waals surface area contributed by atoms with Gasteiger partial charge in [-0.15, -0.1) is 0 Å². The maximum atomic E-state index is 12.7. The molecule has 0 amide bonds. The average molecular weight is 393 g/mol. The number of anilines is 1. The second-order valence-corrected chi connectivity index (χ2v) is 8.77. The lowest BCUT2D eigenvalue weighted by atomic mass is 10.2. The van der Waals surface area contributed by atoms with E-state index in [0.717, 1.165) is 5.56 Å². The first-order valence-electron chi connectivity index (χ1n) is 8.60. The van der Waals surface area contributed by atoms with Gasteiger partial charge in [0.25, 0.3) is 0 Å². The van der Waals surface area contributed by atoms with E-state index in [9.17, 15) is 8.42 Å². The summed E-state index contributed by atoms with van der Waals surface area (Å²) in [5.74, 6) is 0.524. The van der Waals surface area contributed by atoms with Crippen LogP contribution < -0.4 is 5.43 Å². The summed E-state index contributed by atoms with van der Waals surface area (Å²) in [6, 6.07) is 17.5. The number of nitrogens with zero attached hydrogens (tertiary/aromatic N) is 4. The molecule has 0 saturated carbocycles. The van der Waals surface area contributed by atoms with Crippen LogP contribution in [-0.4, -0.2) is 29.7 Å². The van der Waals surface area contributed by atoms with Gasteiger partial charge in [-0.1, -0.05) is 24.3 Å². The molecule has 0 aliphatic rings. The fraction of sp³-hybridized carbons (Fsp3) is 0.150. The first-order valence-corrected chi connectivity index (χ1v) is 10.1. The van der Waals surface area contributed by atoms with Crippen LogP contribution in [0.5, 0.6) is 0 Å². The molecule has 0 saturated heterocycles. The zero-order valence-corrected chi connectivity index (χ0v) is 16.3. The molecule has 0 bridgehead atoms. The predicted octanol–water partition coefficient (Wildman–Crippen LogP) is 3.37. The van der Waals surface area contributed by atoms with Gasteiger partial charge in [-0.3, -0.25) is 5.43 Å². The van der Waals surface area contributed by atoms with E-state index in [2.05, 4.69) is 21.7 Å². The van der Waals surface area contributed by atoms with E-state index in [1.807, 2.05) is 0 Å². The smallest absolute Gasteiger partial charge is 0.182 e. The number of nitrogens with one attached hydrogen (secondary N) is 1. The van der Waals surface area contributed by atoms with Crippen molar-refractivity contribution < 1.29 is 8.42 Å². The highest BCUT2D eigenvalue weighted by molar-refractivity contribution is 7.92. The molecule has 7 nitrogen and oxygen atoms in total. The molecule has 3 aromatic rings. The lowest BCUT2D eigenvalue weighted by molar-refractivity contribution is 0.586. The van der Waals surface area contributed by atoms with E-state index in [1.165, 1.54) is 4.68 Å². The SMILES string of the molecule is CC(C)S(=O)(=O)c1ccccc1-n1nccc1N/N=C/c1ccc(C#N)cc1. The monoisotopic (exact) mass is 393 g/mol. The van der Waals surface area contributed by atoms with Crippen molar-refractivity contribution in [2.75, 3.05) is 5.43 Å². The molecular formula is C20H19N5O2S. The first-order chi connectivity index (χ1) is 13.4. The normalized spacial score (nSPS) is 11.6. The molecule has 0 unspecified atom stereocenters. The fourth-order valence-electron chi connectivity index (χ4n) is 2.52. The number of sulfone groups is 1. The van der Waals surface area contributed by atoms with Crippen molar-refractivity contribution in [3.05, 3.63) is 71.9 Å². The third-order valence-electron chi connectivity index (χ3n) is 4.10. The molecule has 8 heteroatoms. The number of aromatic nitrogens is 2.